The Morgan fingerprint density at radius 3 is 2.65 bits per heavy atom. The second-order valence-electron chi connectivity index (χ2n) is 5.57. The molecule has 5 aromatic rings. The van der Waals surface area contributed by atoms with Gasteiger partial charge in [0.05, 0.1) is 10.4 Å². The molecule has 0 unspecified atom stereocenters. The summed E-state index contributed by atoms with van der Waals surface area (Å²) in [4.78, 5) is 8.93. The maximum absolute atomic E-state index is 4.69. The van der Waals surface area contributed by atoms with Crippen molar-refractivity contribution in [3.63, 3.8) is 0 Å². The van der Waals surface area contributed by atoms with Crippen molar-refractivity contribution in [3.8, 4) is 11.3 Å². The van der Waals surface area contributed by atoms with Crippen molar-refractivity contribution in [1.29, 1.82) is 0 Å². The Balaban J connectivity index is 1.87. The number of nitrogens with zero attached hydrogens (tertiary/aromatic N) is 2. The molecule has 0 N–H and O–H groups in total. The number of thiophene rings is 1. The molecule has 3 heterocycles. The number of rotatable bonds is 1. The molecule has 0 bridgehead atoms. The molecule has 0 aliphatic heterocycles. The summed E-state index contributed by atoms with van der Waals surface area (Å²) in [6.45, 7) is 0. The van der Waals surface area contributed by atoms with E-state index in [-0.39, 0.29) is 0 Å². The van der Waals surface area contributed by atoms with Crippen LogP contribution in [0.3, 0.4) is 0 Å². The Hall–Kier alpha value is -2.78. The fraction of sp³-hybridized carbons (Fsp3) is 0. The number of pyridine rings is 2. The zero-order valence-electron chi connectivity index (χ0n) is 12.2. The number of hydrogen-bond donors (Lipinski definition) is 0. The second-order valence-corrected chi connectivity index (χ2v) is 6.65. The molecule has 0 aliphatic rings. The van der Waals surface area contributed by atoms with E-state index in [0.29, 0.717) is 0 Å². The highest BCUT2D eigenvalue weighted by molar-refractivity contribution is 7.25. The SMILES string of the molecule is c1ccc2cc(-c3nccc4sc5cnccc5c34)ccc2c1. The third kappa shape index (κ3) is 1.94. The molecular formula is C20H12N2S. The van der Waals surface area contributed by atoms with Crippen molar-refractivity contribution in [3.05, 3.63) is 73.2 Å². The third-order valence-corrected chi connectivity index (χ3v) is 5.31. The van der Waals surface area contributed by atoms with Crippen LogP contribution in [0.15, 0.2) is 73.2 Å². The smallest absolute Gasteiger partial charge is 0.0795 e. The monoisotopic (exact) mass is 312 g/mol. The van der Waals surface area contributed by atoms with Crippen LogP contribution in [0.5, 0.6) is 0 Å². The maximum atomic E-state index is 4.69. The molecule has 0 saturated heterocycles. The molecular weight excluding hydrogens is 300 g/mol. The summed E-state index contributed by atoms with van der Waals surface area (Å²) < 4.78 is 2.46. The van der Waals surface area contributed by atoms with Gasteiger partial charge in [-0.25, -0.2) is 0 Å². The summed E-state index contributed by atoms with van der Waals surface area (Å²) in [5.41, 5.74) is 2.21. The topological polar surface area (TPSA) is 25.8 Å². The highest BCUT2D eigenvalue weighted by Crippen LogP contribution is 2.38. The average molecular weight is 312 g/mol. The summed E-state index contributed by atoms with van der Waals surface area (Å²) >= 11 is 1.77. The molecule has 0 aliphatic carbocycles. The van der Waals surface area contributed by atoms with Crippen LogP contribution < -0.4 is 0 Å². The molecule has 0 fully saturated rings. The Morgan fingerprint density at radius 1 is 0.783 bits per heavy atom. The van der Waals surface area contributed by atoms with E-state index in [1.165, 1.54) is 30.9 Å². The van der Waals surface area contributed by atoms with Gasteiger partial charge < -0.3 is 0 Å². The van der Waals surface area contributed by atoms with Gasteiger partial charge in [0.15, 0.2) is 0 Å². The first kappa shape index (κ1) is 12.7. The van der Waals surface area contributed by atoms with Gasteiger partial charge in [-0.15, -0.1) is 11.3 Å². The zero-order chi connectivity index (χ0) is 15.2. The lowest BCUT2D eigenvalue weighted by atomic mass is 10.0. The maximum Gasteiger partial charge on any atom is 0.0795 e. The summed E-state index contributed by atoms with van der Waals surface area (Å²) in [5.74, 6) is 0. The lowest BCUT2D eigenvalue weighted by Gasteiger charge is -2.05. The van der Waals surface area contributed by atoms with Crippen LogP contribution in [0.2, 0.25) is 0 Å². The van der Waals surface area contributed by atoms with E-state index in [1.807, 2.05) is 18.6 Å². The van der Waals surface area contributed by atoms with Gasteiger partial charge in [-0.3, -0.25) is 9.97 Å². The van der Waals surface area contributed by atoms with Crippen LogP contribution in [0.4, 0.5) is 0 Å². The van der Waals surface area contributed by atoms with Gasteiger partial charge in [-0.2, -0.15) is 0 Å². The van der Waals surface area contributed by atoms with E-state index in [2.05, 4.69) is 59.6 Å². The lowest BCUT2D eigenvalue weighted by Crippen LogP contribution is -1.85. The predicted octanol–water partition coefficient (Wildman–Crippen LogP) is 5.66. The van der Waals surface area contributed by atoms with Crippen molar-refractivity contribution in [2.24, 2.45) is 0 Å². The molecule has 0 amide bonds. The molecule has 0 saturated carbocycles. The standard InChI is InChI=1S/C20H12N2S/c1-2-4-14-11-15(6-5-13(14)3-1)20-19-16-7-9-21-12-18(16)23-17(19)8-10-22-20/h1-12H. The summed E-state index contributed by atoms with van der Waals surface area (Å²) in [6, 6.07) is 19.2. The van der Waals surface area contributed by atoms with Gasteiger partial charge in [0.2, 0.25) is 0 Å². The van der Waals surface area contributed by atoms with Crippen molar-refractivity contribution < 1.29 is 0 Å². The van der Waals surface area contributed by atoms with Gasteiger partial charge in [0, 0.05) is 39.6 Å². The largest absolute Gasteiger partial charge is 0.263 e. The lowest BCUT2D eigenvalue weighted by molar-refractivity contribution is 1.36. The Kier molecular flexibility index (Phi) is 2.69. The molecule has 0 spiro atoms. The fourth-order valence-corrected chi connectivity index (χ4v) is 4.20. The number of hydrogen-bond acceptors (Lipinski definition) is 3. The predicted molar refractivity (Wildman–Crippen MR) is 97.9 cm³/mol. The summed E-state index contributed by atoms with van der Waals surface area (Å²) in [5, 5.41) is 4.95. The molecule has 108 valence electrons. The minimum atomic E-state index is 1.05. The van der Waals surface area contributed by atoms with E-state index in [4.69, 9.17) is 4.98 Å². The third-order valence-electron chi connectivity index (χ3n) is 4.21. The molecule has 5 rings (SSSR count). The number of benzene rings is 2. The summed E-state index contributed by atoms with van der Waals surface area (Å²) in [6.07, 6.45) is 5.69. The second kappa shape index (κ2) is 4.86. The quantitative estimate of drug-likeness (QED) is 0.399. The van der Waals surface area contributed by atoms with E-state index < -0.39 is 0 Å². The minimum Gasteiger partial charge on any atom is -0.263 e. The van der Waals surface area contributed by atoms with E-state index >= 15 is 0 Å². The van der Waals surface area contributed by atoms with E-state index in [0.717, 1.165) is 11.3 Å². The first-order valence-corrected chi connectivity index (χ1v) is 8.32. The van der Waals surface area contributed by atoms with E-state index in [1.54, 1.807) is 11.3 Å². The van der Waals surface area contributed by atoms with Crippen molar-refractivity contribution in [1.82, 2.24) is 9.97 Å². The van der Waals surface area contributed by atoms with Gasteiger partial charge in [-0.05, 0) is 29.0 Å². The molecule has 3 heteroatoms. The Morgan fingerprint density at radius 2 is 1.70 bits per heavy atom. The number of aromatic nitrogens is 2. The van der Waals surface area contributed by atoms with Crippen LogP contribution in [-0.4, -0.2) is 9.97 Å². The first-order valence-electron chi connectivity index (χ1n) is 7.50. The van der Waals surface area contributed by atoms with Crippen molar-refractivity contribution in [2.45, 2.75) is 0 Å². The van der Waals surface area contributed by atoms with Gasteiger partial charge in [0.1, 0.15) is 0 Å². The van der Waals surface area contributed by atoms with E-state index in [9.17, 15) is 0 Å². The minimum absolute atomic E-state index is 1.05. The Labute approximate surface area is 137 Å². The summed E-state index contributed by atoms with van der Waals surface area (Å²) in [7, 11) is 0. The highest BCUT2D eigenvalue weighted by atomic mass is 32.1. The van der Waals surface area contributed by atoms with Crippen LogP contribution in [0.1, 0.15) is 0 Å². The Bertz CT molecular complexity index is 1170. The van der Waals surface area contributed by atoms with Gasteiger partial charge in [0.25, 0.3) is 0 Å². The molecule has 0 atom stereocenters. The van der Waals surface area contributed by atoms with Crippen LogP contribution in [-0.2, 0) is 0 Å². The molecule has 23 heavy (non-hydrogen) atoms. The van der Waals surface area contributed by atoms with Gasteiger partial charge in [-0.1, -0.05) is 36.4 Å². The van der Waals surface area contributed by atoms with Crippen molar-refractivity contribution >= 4 is 42.3 Å². The molecule has 0 radical (unpaired) electrons. The van der Waals surface area contributed by atoms with Gasteiger partial charge >= 0.3 is 0 Å². The molecule has 3 aromatic heterocycles. The normalized spacial score (nSPS) is 11.5. The van der Waals surface area contributed by atoms with Crippen LogP contribution in [0, 0.1) is 0 Å². The average Bonchev–Trinajstić information content (AvgIpc) is 3.00. The first-order chi connectivity index (χ1) is 11.4. The highest BCUT2D eigenvalue weighted by Gasteiger charge is 2.12. The fourth-order valence-electron chi connectivity index (χ4n) is 3.13. The molecule has 2 nitrogen and oxygen atoms in total. The van der Waals surface area contributed by atoms with Crippen LogP contribution in [0.25, 0.3) is 42.2 Å². The van der Waals surface area contributed by atoms with Crippen LogP contribution >= 0.6 is 11.3 Å². The molecule has 2 aromatic carbocycles. The number of fused-ring (bicyclic) bond motifs is 4. The zero-order valence-corrected chi connectivity index (χ0v) is 13.0. The van der Waals surface area contributed by atoms with Crippen molar-refractivity contribution in [2.75, 3.05) is 0 Å².